The quantitative estimate of drug-likeness (QED) is 0.476. The van der Waals surface area contributed by atoms with Crippen molar-refractivity contribution in [1.82, 2.24) is 0 Å². The van der Waals surface area contributed by atoms with Gasteiger partial charge < -0.3 is 4.74 Å². The van der Waals surface area contributed by atoms with E-state index in [1.807, 2.05) is 0 Å². The predicted molar refractivity (Wildman–Crippen MR) is 32.8 cm³/mol. The molecule has 0 aromatic carbocycles. The van der Waals surface area contributed by atoms with E-state index < -0.39 is 0 Å². The van der Waals surface area contributed by atoms with Crippen LogP contribution in [-0.2, 0) is 9.53 Å². The van der Waals surface area contributed by atoms with Crippen LogP contribution >= 0.6 is 15.9 Å². The van der Waals surface area contributed by atoms with Gasteiger partial charge in [0.15, 0.2) is 0 Å². The minimum Gasteiger partial charge on any atom is -0.468 e. The van der Waals surface area contributed by atoms with E-state index in [9.17, 15) is 4.79 Å². The summed E-state index contributed by atoms with van der Waals surface area (Å²) in [6, 6.07) is 0. The van der Waals surface area contributed by atoms with Crippen molar-refractivity contribution in [2.75, 3.05) is 6.61 Å². The summed E-state index contributed by atoms with van der Waals surface area (Å²) >= 11 is 3.38. The molecule has 2 unspecified atom stereocenters. The standard InChI is InChI=1S/C5H7BrO2/c6-5-1-4(5)2-8-3-7/h3-5H,1-2H2. The maximum atomic E-state index is 9.61. The molecule has 1 rings (SSSR count). The Morgan fingerprint density at radius 1 is 1.88 bits per heavy atom. The van der Waals surface area contributed by atoms with Crippen LogP contribution in [-0.4, -0.2) is 17.9 Å². The van der Waals surface area contributed by atoms with Crippen molar-refractivity contribution in [2.24, 2.45) is 5.92 Å². The van der Waals surface area contributed by atoms with Crippen LogP contribution in [0.4, 0.5) is 0 Å². The zero-order valence-electron chi connectivity index (χ0n) is 4.34. The summed E-state index contributed by atoms with van der Waals surface area (Å²) in [5.74, 6) is 0.584. The summed E-state index contributed by atoms with van der Waals surface area (Å²) < 4.78 is 4.52. The van der Waals surface area contributed by atoms with Gasteiger partial charge in [-0.15, -0.1) is 0 Å². The van der Waals surface area contributed by atoms with E-state index >= 15 is 0 Å². The predicted octanol–water partition coefficient (Wildman–Crippen LogP) is 0.943. The maximum Gasteiger partial charge on any atom is 0.293 e. The van der Waals surface area contributed by atoms with Gasteiger partial charge in [-0.05, 0) is 6.42 Å². The van der Waals surface area contributed by atoms with Crippen molar-refractivity contribution in [2.45, 2.75) is 11.2 Å². The third-order valence-corrected chi connectivity index (χ3v) is 2.34. The second kappa shape index (κ2) is 2.49. The van der Waals surface area contributed by atoms with Gasteiger partial charge in [0.25, 0.3) is 6.47 Å². The summed E-state index contributed by atoms with van der Waals surface area (Å²) in [6.45, 7) is 1.08. The van der Waals surface area contributed by atoms with Gasteiger partial charge in [0, 0.05) is 10.7 Å². The van der Waals surface area contributed by atoms with E-state index in [0.717, 1.165) is 6.42 Å². The van der Waals surface area contributed by atoms with Gasteiger partial charge in [-0.2, -0.15) is 0 Å². The number of ether oxygens (including phenoxy) is 1. The molecule has 2 nitrogen and oxygen atoms in total. The van der Waals surface area contributed by atoms with Crippen molar-refractivity contribution in [3.8, 4) is 0 Å². The second-order valence-corrected chi connectivity index (χ2v) is 3.12. The van der Waals surface area contributed by atoms with Crippen molar-refractivity contribution in [3.63, 3.8) is 0 Å². The average molecular weight is 179 g/mol. The molecule has 1 aliphatic rings. The van der Waals surface area contributed by atoms with Crippen molar-refractivity contribution < 1.29 is 9.53 Å². The van der Waals surface area contributed by atoms with E-state index in [4.69, 9.17) is 0 Å². The fraction of sp³-hybridized carbons (Fsp3) is 0.800. The van der Waals surface area contributed by atoms with Gasteiger partial charge in [0.2, 0.25) is 0 Å². The maximum absolute atomic E-state index is 9.61. The van der Waals surface area contributed by atoms with Gasteiger partial charge in [-0.25, -0.2) is 0 Å². The molecular formula is C5H7BrO2. The number of carbonyl (C=O) groups is 1. The fourth-order valence-electron chi connectivity index (χ4n) is 0.546. The van der Waals surface area contributed by atoms with Crippen LogP contribution in [0.3, 0.4) is 0 Å². The van der Waals surface area contributed by atoms with Crippen LogP contribution in [0.2, 0.25) is 0 Å². The topological polar surface area (TPSA) is 26.3 Å². The molecule has 2 atom stereocenters. The normalized spacial score (nSPS) is 34.1. The van der Waals surface area contributed by atoms with Crippen LogP contribution in [0.1, 0.15) is 6.42 Å². The molecule has 0 spiro atoms. The fourth-order valence-corrected chi connectivity index (χ4v) is 1.18. The van der Waals surface area contributed by atoms with Crippen molar-refractivity contribution in [3.05, 3.63) is 0 Å². The van der Waals surface area contributed by atoms with E-state index in [2.05, 4.69) is 20.7 Å². The molecule has 1 saturated carbocycles. The van der Waals surface area contributed by atoms with Crippen molar-refractivity contribution in [1.29, 1.82) is 0 Å². The van der Waals surface area contributed by atoms with Gasteiger partial charge in [-0.3, -0.25) is 4.79 Å². The Morgan fingerprint density at radius 2 is 2.50 bits per heavy atom. The van der Waals surface area contributed by atoms with Crippen LogP contribution in [0.25, 0.3) is 0 Å². The molecule has 0 aliphatic heterocycles. The van der Waals surface area contributed by atoms with Crippen LogP contribution < -0.4 is 0 Å². The molecule has 1 fully saturated rings. The van der Waals surface area contributed by atoms with E-state index in [1.165, 1.54) is 0 Å². The Hall–Kier alpha value is -0.0500. The van der Waals surface area contributed by atoms with E-state index in [-0.39, 0.29) is 0 Å². The minimum absolute atomic E-state index is 0.498. The lowest BCUT2D eigenvalue weighted by Gasteiger charge is -1.90. The van der Waals surface area contributed by atoms with Crippen LogP contribution in [0, 0.1) is 5.92 Å². The minimum atomic E-state index is 0.498. The molecule has 0 N–H and O–H groups in total. The Balaban J connectivity index is 1.97. The third-order valence-electron chi connectivity index (χ3n) is 1.21. The highest BCUT2D eigenvalue weighted by Crippen LogP contribution is 2.37. The lowest BCUT2D eigenvalue weighted by molar-refractivity contribution is -0.129. The Morgan fingerprint density at radius 3 is 2.88 bits per heavy atom. The zero-order valence-corrected chi connectivity index (χ0v) is 5.93. The summed E-state index contributed by atoms with van der Waals surface area (Å²) in [5, 5.41) is 0. The SMILES string of the molecule is O=COCC1CC1Br. The lowest BCUT2D eigenvalue weighted by Crippen LogP contribution is -1.94. The van der Waals surface area contributed by atoms with Gasteiger partial charge in [-0.1, -0.05) is 15.9 Å². The number of alkyl halides is 1. The largest absolute Gasteiger partial charge is 0.468 e. The van der Waals surface area contributed by atoms with Gasteiger partial charge in [0.05, 0.1) is 6.61 Å². The number of halogens is 1. The first-order valence-corrected chi connectivity index (χ1v) is 3.45. The first-order valence-electron chi connectivity index (χ1n) is 2.54. The van der Waals surface area contributed by atoms with E-state index in [1.54, 1.807) is 0 Å². The Labute approximate surface area is 56.3 Å². The molecule has 0 radical (unpaired) electrons. The highest BCUT2D eigenvalue weighted by Gasteiger charge is 2.34. The highest BCUT2D eigenvalue weighted by atomic mass is 79.9. The zero-order chi connectivity index (χ0) is 5.98. The molecule has 0 heterocycles. The molecule has 8 heavy (non-hydrogen) atoms. The summed E-state index contributed by atoms with van der Waals surface area (Å²) in [7, 11) is 0. The molecule has 0 aromatic heterocycles. The molecule has 1 aliphatic carbocycles. The Bertz CT molecular complexity index is 94.4. The molecule has 46 valence electrons. The van der Waals surface area contributed by atoms with Crippen LogP contribution in [0.15, 0.2) is 0 Å². The monoisotopic (exact) mass is 178 g/mol. The summed E-state index contributed by atoms with van der Waals surface area (Å²) in [4.78, 5) is 10.2. The third kappa shape index (κ3) is 1.47. The molecule has 0 saturated heterocycles. The molecule has 0 amide bonds. The number of rotatable bonds is 3. The molecule has 3 heteroatoms. The number of hydrogen-bond acceptors (Lipinski definition) is 2. The highest BCUT2D eigenvalue weighted by molar-refractivity contribution is 9.09. The van der Waals surface area contributed by atoms with Crippen LogP contribution in [0.5, 0.6) is 0 Å². The smallest absolute Gasteiger partial charge is 0.293 e. The van der Waals surface area contributed by atoms with Crippen molar-refractivity contribution >= 4 is 22.4 Å². The Kier molecular flexibility index (Phi) is 1.89. The van der Waals surface area contributed by atoms with Gasteiger partial charge in [0.1, 0.15) is 0 Å². The van der Waals surface area contributed by atoms with Gasteiger partial charge >= 0.3 is 0 Å². The lowest BCUT2D eigenvalue weighted by atomic mass is 10.5. The molecule has 0 bridgehead atoms. The summed E-state index contributed by atoms with van der Waals surface area (Å²) in [5.41, 5.74) is 0. The summed E-state index contributed by atoms with van der Waals surface area (Å²) in [6.07, 6.45) is 1.15. The first kappa shape index (κ1) is 6.08. The molecular weight excluding hydrogens is 172 g/mol. The van der Waals surface area contributed by atoms with E-state index in [0.29, 0.717) is 23.8 Å². The first-order chi connectivity index (χ1) is 3.84. The number of carbonyl (C=O) groups excluding carboxylic acids is 1. The average Bonchev–Trinajstić information content (AvgIpc) is 2.42. The molecule has 0 aromatic rings. The second-order valence-electron chi connectivity index (χ2n) is 1.94. The number of hydrogen-bond donors (Lipinski definition) is 0.